The van der Waals surface area contributed by atoms with Gasteiger partial charge in [0.15, 0.2) is 0 Å². The first-order chi connectivity index (χ1) is 17.1. The lowest BCUT2D eigenvalue weighted by Crippen LogP contribution is -2.70. The molecule has 7 nitrogen and oxygen atoms in total. The SMILES string of the molecule is [B]C(NC(=O)C(F)(F)c1ccc(Cl)cc1)c1ccc2c(c1)CN(C1([B])C(=O)NC(=O)C([B])([B])C1[B])C2=O. The molecule has 3 atom stereocenters. The normalized spacial score (nSPS) is 23.8. The van der Waals surface area contributed by atoms with Crippen molar-refractivity contribution in [3.8, 4) is 0 Å². The van der Waals surface area contributed by atoms with Gasteiger partial charge < -0.3 is 10.2 Å². The van der Waals surface area contributed by atoms with Crippen molar-refractivity contribution in [1.82, 2.24) is 15.5 Å². The molecule has 0 aromatic heterocycles. The second-order valence-corrected chi connectivity index (χ2v) is 9.30. The van der Waals surface area contributed by atoms with E-state index in [1.165, 1.54) is 30.3 Å². The van der Waals surface area contributed by atoms with Gasteiger partial charge in [0, 0.05) is 28.6 Å². The second kappa shape index (κ2) is 9.08. The summed E-state index contributed by atoms with van der Waals surface area (Å²) >= 11 is 5.71. The van der Waals surface area contributed by atoms with E-state index in [0.717, 1.165) is 17.0 Å². The van der Waals surface area contributed by atoms with Gasteiger partial charge in [-0.1, -0.05) is 41.7 Å². The number of benzene rings is 2. The third-order valence-electron chi connectivity index (χ3n) is 6.49. The van der Waals surface area contributed by atoms with Crippen LogP contribution in [0.3, 0.4) is 0 Å². The molecule has 15 heteroatoms. The zero-order chi connectivity index (χ0) is 27.5. The third-order valence-corrected chi connectivity index (χ3v) is 6.74. The molecular weight excluding hydrogens is 498 g/mol. The Labute approximate surface area is 222 Å². The van der Waals surface area contributed by atoms with Crippen LogP contribution in [-0.4, -0.2) is 73.2 Å². The van der Waals surface area contributed by atoms with Gasteiger partial charge in [-0.2, -0.15) is 8.78 Å². The van der Waals surface area contributed by atoms with Crippen molar-refractivity contribution in [1.29, 1.82) is 0 Å². The molecule has 0 spiro atoms. The van der Waals surface area contributed by atoms with Gasteiger partial charge in [-0.05, 0) is 34.5 Å². The number of rotatable bonds is 5. The molecule has 4 amide bonds. The van der Waals surface area contributed by atoms with Gasteiger partial charge in [0.2, 0.25) is 11.8 Å². The lowest BCUT2D eigenvalue weighted by molar-refractivity contribution is -0.147. The highest BCUT2D eigenvalue weighted by atomic mass is 35.5. The van der Waals surface area contributed by atoms with Crippen LogP contribution in [0.4, 0.5) is 8.78 Å². The quantitative estimate of drug-likeness (QED) is 0.447. The maximum atomic E-state index is 14.6. The fourth-order valence-corrected chi connectivity index (χ4v) is 4.31. The number of carbonyl (C=O) groups is 4. The number of fused-ring (bicyclic) bond motifs is 1. The first-order valence-electron chi connectivity index (χ1n) is 10.7. The number of carbonyl (C=O) groups excluding carboxylic acids is 4. The van der Waals surface area contributed by atoms with Gasteiger partial charge in [0.25, 0.3) is 11.8 Å². The number of amides is 4. The van der Waals surface area contributed by atoms with E-state index in [1.807, 2.05) is 10.6 Å². The molecule has 2 heterocycles. The van der Waals surface area contributed by atoms with Crippen molar-refractivity contribution in [3.05, 3.63) is 69.7 Å². The van der Waals surface area contributed by atoms with Gasteiger partial charge >= 0.3 is 5.92 Å². The number of hydrogen-bond acceptors (Lipinski definition) is 4. The Bertz CT molecular complexity index is 1330. The summed E-state index contributed by atoms with van der Waals surface area (Å²) in [6.07, 6.45) is 0. The van der Waals surface area contributed by atoms with Crippen LogP contribution in [-0.2, 0) is 26.9 Å². The fourth-order valence-electron chi connectivity index (χ4n) is 4.19. The van der Waals surface area contributed by atoms with Crippen LogP contribution in [0.25, 0.3) is 0 Å². The summed E-state index contributed by atoms with van der Waals surface area (Å²) in [7, 11) is 29.7. The average Bonchev–Trinajstić information content (AvgIpc) is 3.18. The predicted molar refractivity (Wildman–Crippen MR) is 134 cm³/mol. The molecule has 4 rings (SSSR count). The number of hydrogen-bond donors (Lipinski definition) is 2. The largest absolute Gasteiger partial charge is 0.352 e. The Morgan fingerprint density at radius 1 is 1.11 bits per heavy atom. The van der Waals surface area contributed by atoms with Crippen LogP contribution in [0.5, 0.6) is 0 Å². The summed E-state index contributed by atoms with van der Waals surface area (Å²) in [6.45, 7) is -0.272. The number of halogens is 3. The van der Waals surface area contributed by atoms with Crippen LogP contribution in [0.2, 0.25) is 16.1 Å². The Morgan fingerprint density at radius 2 is 1.73 bits per heavy atom. The molecule has 1 fully saturated rings. The molecule has 0 saturated carbocycles. The van der Waals surface area contributed by atoms with Gasteiger partial charge in [-0.25, -0.2) is 0 Å². The van der Waals surface area contributed by atoms with E-state index in [4.69, 9.17) is 50.8 Å². The Morgan fingerprint density at radius 3 is 2.35 bits per heavy atom. The third kappa shape index (κ3) is 4.29. The zero-order valence-electron chi connectivity index (χ0n) is 19.0. The smallest absolute Gasteiger partial charge is 0.349 e. The van der Waals surface area contributed by atoms with Crippen LogP contribution >= 0.6 is 11.6 Å². The first kappa shape index (κ1) is 27.0. The highest BCUT2D eigenvalue weighted by Gasteiger charge is 2.57. The molecule has 2 aliphatic heterocycles. The molecule has 0 aliphatic carbocycles. The average molecular weight is 511 g/mol. The van der Waals surface area contributed by atoms with Crippen molar-refractivity contribution in [2.75, 3.05) is 0 Å². The summed E-state index contributed by atoms with van der Waals surface area (Å²) < 4.78 is 29.2. The minimum absolute atomic E-state index is 0.107. The van der Waals surface area contributed by atoms with Gasteiger partial charge in [-0.3, -0.25) is 24.5 Å². The topological polar surface area (TPSA) is 95.6 Å². The Hall–Kier alpha value is -3.01. The lowest BCUT2D eigenvalue weighted by Gasteiger charge is -2.52. The monoisotopic (exact) mass is 511 g/mol. The highest BCUT2D eigenvalue weighted by molar-refractivity contribution is 6.58. The number of nitrogens with zero attached hydrogens (tertiary/aromatic N) is 1. The van der Waals surface area contributed by atoms with Crippen LogP contribution < -0.4 is 10.6 Å². The maximum Gasteiger partial charge on any atom is 0.349 e. The Kier molecular flexibility index (Phi) is 6.63. The number of imide groups is 1. The van der Waals surface area contributed by atoms with Crippen molar-refractivity contribution in [2.24, 2.45) is 0 Å². The first-order valence-corrected chi connectivity index (χ1v) is 11.1. The van der Waals surface area contributed by atoms with Crippen molar-refractivity contribution in [3.63, 3.8) is 0 Å². The predicted octanol–water partition coefficient (Wildman–Crippen LogP) is 0.302. The zero-order valence-corrected chi connectivity index (χ0v) is 19.8. The number of nitrogens with one attached hydrogen (secondary N) is 2. The van der Waals surface area contributed by atoms with Gasteiger partial charge in [0.1, 0.15) is 15.7 Å². The highest BCUT2D eigenvalue weighted by Crippen LogP contribution is 2.47. The second-order valence-electron chi connectivity index (χ2n) is 8.86. The molecule has 1 saturated heterocycles. The van der Waals surface area contributed by atoms with Crippen LogP contribution in [0.15, 0.2) is 42.5 Å². The maximum absolute atomic E-state index is 14.6. The van der Waals surface area contributed by atoms with E-state index in [9.17, 15) is 28.0 Å². The van der Waals surface area contributed by atoms with Crippen molar-refractivity contribution in [2.45, 2.75) is 34.9 Å². The Balaban J connectivity index is 1.56. The molecule has 0 bridgehead atoms. The van der Waals surface area contributed by atoms with E-state index >= 15 is 0 Å². The van der Waals surface area contributed by atoms with E-state index in [0.29, 0.717) is 5.56 Å². The van der Waals surface area contributed by atoms with Crippen molar-refractivity contribution < 1.29 is 28.0 Å². The summed E-state index contributed by atoms with van der Waals surface area (Å²) in [4.78, 5) is 51.0. The standard InChI is InChI=1S/C22H13B5ClF2N3O4/c23-14(31-19(37)22(29,30)11-2-4-12(28)5-3-11)9-1-6-13-10(7-9)8-33(15(13)34)21(27)16(24)20(25,26)17(35)32-18(21)36/h1-7,14,16H,8H2,(H,31,37)(H,32,35,36). The number of alkyl halides is 2. The molecule has 176 valence electrons. The minimum Gasteiger partial charge on any atom is -0.352 e. The summed E-state index contributed by atoms with van der Waals surface area (Å²) in [5, 5.41) is 1.93. The van der Waals surface area contributed by atoms with Crippen LogP contribution in [0, 0.1) is 0 Å². The lowest BCUT2D eigenvalue weighted by atomic mass is 9.35. The van der Waals surface area contributed by atoms with E-state index in [-0.39, 0.29) is 22.7 Å². The molecule has 2 N–H and O–H groups in total. The summed E-state index contributed by atoms with van der Waals surface area (Å²) in [6, 6.07) is 8.53. The van der Waals surface area contributed by atoms with E-state index < -0.39 is 57.5 Å². The van der Waals surface area contributed by atoms with Crippen LogP contribution in [0.1, 0.15) is 33.0 Å². The van der Waals surface area contributed by atoms with E-state index in [2.05, 4.69) is 0 Å². The molecule has 37 heavy (non-hydrogen) atoms. The van der Waals surface area contributed by atoms with Gasteiger partial charge in [-0.15, -0.1) is 0 Å². The van der Waals surface area contributed by atoms with E-state index in [1.54, 1.807) is 0 Å². The fraction of sp³-hybridized carbons (Fsp3) is 0.273. The van der Waals surface area contributed by atoms with Gasteiger partial charge in [0.05, 0.1) is 29.0 Å². The summed E-state index contributed by atoms with van der Waals surface area (Å²) in [5.41, 5.74) is -2.28. The molecule has 2 aliphatic rings. The molecule has 3 unspecified atom stereocenters. The summed E-state index contributed by atoms with van der Waals surface area (Å²) in [5.74, 6) is -11.5. The molecule has 2 aromatic carbocycles. The minimum atomic E-state index is -3.91. The molecular formula is C22H13B5ClF2N3O4. The molecule has 10 radical (unpaired) electrons. The molecule has 2 aromatic rings. The number of piperidine rings is 1. The van der Waals surface area contributed by atoms with Crippen molar-refractivity contribution >= 4 is 74.5 Å².